The van der Waals surface area contributed by atoms with Gasteiger partial charge in [0.1, 0.15) is 11.5 Å². The van der Waals surface area contributed by atoms with E-state index in [4.69, 9.17) is 25.8 Å². The van der Waals surface area contributed by atoms with Crippen molar-refractivity contribution >= 4 is 39.5 Å². The van der Waals surface area contributed by atoms with Crippen molar-refractivity contribution in [3.63, 3.8) is 0 Å². The van der Waals surface area contributed by atoms with E-state index in [1.807, 2.05) is 6.92 Å². The third-order valence-corrected chi connectivity index (χ3v) is 4.08. The predicted octanol–water partition coefficient (Wildman–Crippen LogP) is 5.04. The zero-order valence-electron chi connectivity index (χ0n) is 14.2. The van der Waals surface area contributed by atoms with Gasteiger partial charge >= 0.3 is 11.9 Å². The first kappa shape index (κ1) is 20.3. The van der Waals surface area contributed by atoms with Crippen molar-refractivity contribution in [1.29, 1.82) is 0 Å². The Bertz CT molecular complexity index is 761. The summed E-state index contributed by atoms with van der Waals surface area (Å²) in [6, 6.07) is 11.2. The second kappa shape index (κ2) is 10.2. The molecule has 0 aliphatic heterocycles. The first-order chi connectivity index (χ1) is 12.5. The largest absolute Gasteiger partial charge is 0.480 e. The molecule has 2 rings (SSSR count). The maximum Gasteiger partial charge on any atom is 0.349 e. The molecule has 2 aromatic rings. The fraction of sp³-hybridized carbons (Fsp3) is 0.263. The molecule has 26 heavy (non-hydrogen) atoms. The molecule has 0 saturated carbocycles. The Morgan fingerprint density at radius 2 is 1.85 bits per heavy atom. The highest BCUT2D eigenvalue weighted by molar-refractivity contribution is 9.10. The summed E-state index contributed by atoms with van der Waals surface area (Å²) in [6.45, 7) is 2.12. The zero-order chi connectivity index (χ0) is 18.9. The Morgan fingerprint density at radius 1 is 1.12 bits per heavy atom. The molecule has 138 valence electrons. The van der Waals surface area contributed by atoms with Crippen molar-refractivity contribution in [1.82, 2.24) is 0 Å². The average molecular weight is 442 g/mol. The number of carbonyl (C=O) groups excluding carboxylic acids is 2. The molecule has 0 saturated heterocycles. The van der Waals surface area contributed by atoms with E-state index in [0.717, 1.165) is 17.3 Å². The van der Waals surface area contributed by atoms with Crippen molar-refractivity contribution in [3.05, 3.63) is 57.5 Å². The lowest BCUT2D eigenvalue weighted by Crippen LogP contribution is -2.17. The Kier molecular flexibility index (Phi) is 7.94. The molecule has 0 N–H and O–H groups in total. The molecule has 0 unspecified atom stereocenters. The van der Waals surface area contributed by atoms with Crippen LogP contribution in [0.1, 0.15) is 30.1 Å². The van der Waals surface area contributed by atoms with Crippen LogP contribution < -0.4 is 9.47 Å². The van der Waals surface area contributed by atoms with Crippen LogP contribution in [0.15, 0.2) is 46.9 Å². The van der Waals surface area contributed by atoms with Gasteiger partial charge in [-0.3, -0.25) is 0 Å². The Labute approximate surface area is 165 Å². The lowest BCUT2D eigenvalue weighted by Gasteiger charge is -2.09. The van der Waals surface area contributed by atoms with E-state index in [9.17, 15) is 9.59 Å². The summed E-state index contributed by atoms with van der Waals surface area (Å²) in [7, 11) is 0. The molecule has 0 heterocycles. The second-order valence-electron chi connectivity index (χ2n) is 5.35. The fourth-order valence-electron chi connectivity index (χ4n) is 1.94. The van der Waals surface area contributed by atoms with Crippen LogP contribution in [0.2, 0.25) is 5.02 Å². The molecule has 5 nitrogen and oxygen atoms in total. The standard InChI is InChI=1S/C19H18BrClO5/c1-2-3-10-24-19(23)13-4-7-15(8-5-13)26-18(22)12-25-17-9-6-14(20)11-16(17)21/h4-9,11H,2-3,10,12H2,1H3. The summed E-state index contributed by atoms with van der Waals surface area (Å²) in [6.07, 6.45) is 1.78. The second-order valence-corrected chi connectivity index (χ2v) is 6.67. The molecule has 0 aliphatic rings. The zero-order valence-corrected chi connectivity index (χ0v) is 16.5. The van der Waals surface area contributed by atoms with Crippen molar-refractivity contribution < 1.29 is 23.8 Å². The highest BCUT2D eigenvalue weighted by Crippen LogP contribution is 2.27. The summed E-state index contributed by atoms with van der Waals surface area (Å²) >= 11 is 9.30. The number of esters is 2. The number of rotatable bonds is 8. The van der Waals surface area contributed by atoms with Gasteiger partial charge in [-0.25, -0.2) is 9.59 Å². The highest BCUT2D eigenvalue weighted by Gasteiger charge is 2.11. The number of unbranched alkanes of at least 4 members (excludes halogenated alkanes) is 1. The Morgan fingerprint density at radius 3 is 2.50 bits per heavy atom. The Balaban J connectivity index is 1.84. The molecule has 0 atom stereocenters. The van der Waals surface area contributed by atoms with E-state index in [0.29, 0.717) is 28.7 Å². The monoisotopic (exact) mass is 440 g/mol. The molecule has 2 aromatic carbocycles. The summed E-state index contributed by atoms with van der Waals surface area (Å²) in [5.41, 5.74) is 0.402. The minimum atomic E-state index is -0.581. The molecular formula is C19H18BrClO5. The van der Waals surface area contributed by atoms with Crippen LogP contribution >= 0.6 is 27.5 Å². The number of ether oxygens (including phenoxy) is 3. The van der Waals surface area contributed by atoms with Gasteiger partial charge in [-0.05, 0) is 48.9 Å². The summed E-state index contributed by atoms with van der Waals surface area (Å²) in [5, 5.41) is 0.387. The van der Waals surface area contributed by atoms with Crippen LogP contribution in [0.5, 0.6) is 11.5 Å². The normalized spacial score (nSPS) is 10.3. The van der Waals surface area contributed by atoms with E-state index in [1.54, 1.807) is 30.3 Å². The molecule has 0 bridgehead atoms. The smallest absolute Gasteiger partial charge is 0.349 e. The summed E-state index contributed by atoms with van der Waals surface area (Å²) < 4.78 is 16.4. The van der Waals surface area contributed by atoms with Gasteiger partial charge < -0.3 is 14.2 Å². The number of hydrogen-bond acceptors (Lipinski definition) is 5. The van der Waals surface area contributed by atoms with Gasteiger partial charge in [-0.15, -0.1) is 0 Å². The van der Waals surface area contributed by atoms with E-state index >= 15 is 0 Å². The van der Waals surface area contributed by atoms with Gasteiger partial charge in [-0.2, -0.15) is 0 Å². The third kappa shape index (κ3) is 6.35. The predicted molar refractivity (Wildman–Crippen MR) is 102 cm³/mol. The van der Waals surface area contributed by atoms with Crippen molar-refractivity contribution in [2.24, 2.45) is 0 Å². The number of hydrogen-bond donors (Lipinski definition) is 0. The lowest BCUT2D eigenvalue weighted by molar-refractivity contribution is -0.136. The van der Waals surface area contributed by atoms with Gasteiger partial charge in [0.05, 0.1) is 17.2 Å². The maximum absolute atomic E-state index is 11.9. The van der Waals surface area contributed by atoms with Crippen molar-refractivity contribution in [3.8, 4) is 11.5 Å². The molecule has 0 aromatic heterocycles. The maximum atomic E-state index is 11.9. The van der Waals surface area contributed by atoms with Gasteiger partial charge in [0.2, 0.25) is 0 Å². The third-order valence-electron chi connectivity index (χ3n) is 3.29. The molecule has 0 amide bonds. The fourth-order valence-corrected chi connectivity index (χ4v) is 2.67. The topological polar surface area (TPSA) is 61.8 Å². The van der Waals surface area contributed by atoms with E-state index in [-0.39, 0.29) is 6.61 Å². The molecule has 0 spiro atoms. The van der Waals surface area contributed by atoms with Crippen LogP contribution in [0, 0.1) is 0 Å². The van der Waals surface area contributed by atoms with Crippen LogP contribution in [0.25, 0.3) is 0 Å². The van der Waals surface area contributed by atoms with Crippen LogP contribution in [0.4, 0.5) is 0 Å². The van der Waals surface area contributed by atoms with E-state index < -0.39 is 11.9 Å². The van der Waals surface area contributed by atoms with Gasteiger partial charge in [-0.1, -0.05) is 40.9 Å². The molecule has 0 fully saturated rings. The Hall–Kier alpha value is -2.05. The van der Waals surface area contributed by atoms with Crippen LogP contribution in [-0.2, 0) is 9.53 Å². The SMILES string of the molecule is CCCCOC(=O)c1ccc(OC(=O)COc2ccc(Br)cc2Cl)cc1. The molecule has 0 radical (unpaired) electrons. The summed E-state index contributed by atoms with van der Waals surface area (Å²) in [5.74, 6) is -0.283. The minimum Gasteiger partial charge on any atom is -0.480 e. The van der Waals surface area contributed by atoms with E-state index in [2.05, 4.69) is 15.9 Å². The number of carbonyl (C=O) groups is 2. The first-order valence-electron chi connectivity index (χ1n) is 8.05. The number of halogens is 2. The van der Waals surface area contributed by atoms with Crippen LogP contribution in [0.3, 0.4) is 0 Å². The quantitative estimate of drug-likeness (QED) is 0.326. The van der Waals surface area contributed by atoms with E-state index in [1.165, 1.54) is 12.1 Å². The van der Waals surface area contributed by atoms with Crippen LogP contribution in [-0.4, -0.2) is 25.2 Å². The molecular weight excluding hydrogens is 424 g/mol. The lowest BCUT2D eigenvalue weighted by atomic mass is 10.2. The number of benzene rings is 2. The van der Waals surface area contributed by atoms with Gasteiger partial charge in [0.25, 0.3) is 0 Å². The summed E-state index contributed by atoms with van der Waals surface area (Å²) in [4.78, 5) is 23.7. The van der Waals surface area contributed by atoms with Gasteiger partial charge in [0.15, 0.2) is 6.61 Å². The molecule has 7 heteroatoms. The first-order valence-corrected chi connectivity index (χ1v) is 9.22. The van der Waals surface area contributed by atoms with Gasteiger partial charge in [0, 0.05) is 4.47 Å². The average Bonchev–Trinajstić information content (AvgIpc) is 2.61. The molecule has 0 aliphatic carbocycles. The van der Waals surface area contributed by atoms with Crippen molar-refractivity contribution in [2.45, 2.75) is 19.8 Å². The minimum absolute atomic E-state index is 0.290. The van der Waals surface area contributed by atoms with Crippen molar-refractivity contribution in [2.75, 3.05) is 13.2 Å². The highest BCUT2D eigenvalue weighted by atomic mass is 79.9.